The van der Waals surface area contributed by atoms with E-state index in [2.05, 4.69) is 15.2 Å². The standard InChI is InChI=1S/C21H31FN4O3/c1-3-23-21(24-15-16-7-8-18(28-4-2)17(22)14-16)26-11-9-25(10-12-26)20(27)19-6-5-13-29-19/h7-8,14,19H,3-6,9-13,15H2,1-2H3,(H,23,24). The summed E-state index contributed by atoms with van der Waals surface area (Å²) in [5, 5.41) is 3.30. The molecule has 3 rings (SSSR count). The van der Waals surface area contributed by atoms with E-state index in [1.165, 1.54) is 6.07 Å². The van der Waals surface area contributed by atoms with Gasteiger partial charge in [0.15, 0.2) is 17.5 Å². The summed E-state index contributed by atoms with van der Waals surface area (Å²) in [7, 11) is 0. The van der Waals surface area contributed by atoms with Gasteiger partial charge in [-0.25, -0.2) is 9.38 Å². The van der Waals surface area contributed by atoms with Gasteiger partial charge in [-0.2, -0.15) is 0 Å². The molecule has 1 amide bonds. The maximum Gasteiger partial charge on any atom is 0.251 e. The minimum Gasteiger partial charge on any atom is -0.491 e. The molecule has 0 spiro atoms. The second kappa shape index (κ2) is 10.4. The molecule has 2 saturated heterocycles. The first-order valence-electron chi connectivity index (χ1n) is 10.5. The maximum absolute atomic E-state index is 14.1. The first-order valence-corrected chi connectivity index (χ1v) is 10.5. The predicted octanol–water partition coefficient (Wildman–Crippen LogP) is 2.01. The van der Waals surface area contributed by atoms with Gasteiger partial charge in [-0.1, -0.05) is 6.07 Å². The van der Waals surface area contributed by atoms with Crippen molar-refractivity contribution in [3.63, 3.8) is 0 Å². The lowest BCUT2D eigenvalue weighted by atomic mass is 10.2. The Hall–Kier alpha value is -2.35. The molecule has 2 fully saturated rings. The smallest absolute Gasteiger partial charge is 0.251 e. The average Bonchev–Trinajstić information content (AvgIpc) is 3.27. The van der Waals surface area contributed by atoms with Crippen molar-refractivity contribution >= 4 is 11.9 Å². The first kappa shape index (κ1) is 21.4. The Bertz CT molecular complexity index is 714. The van der Waals surface area contributed by atoms with Gasteiger partial charge in [0.1, 0.15) is 6.10 Å². The number of piperazine rings is 1. The SMILES string of the molecule is CCNC(=NCc1ccc(OCC)c(F)c1)N1CCN(C(=O)C2CCCO2)CC1. The molecule has 160 valence electrons. The molecular weight excluding hydrogens is 375 g/mol. The number of carbonyl (C=O) groups excluding carboxylic acids is 1. The number of guanidine groups is 1. The van der Waals surface area contributed by atoms with Gasteiger partial charge in [-0.15, -0.1) is 0 Å². The zero-order chi connectivity index (χ0) is 20.6. The van der Waals surface area contributed by atoms with Crippen LogP contribution in [0.2, 0.25) is 0 Å². The lowest BCUT2D eigenvalue weighted by Gasteiger charge is -2.37. The van der Waals surface area contributed by atoms with Crippen molar-refractivity contribution in [2.45, 2.75) is 39.3 Å². The Kier molecular flexibility index (Phi) is 7.69. The highest BCUT2D eigenvalue weighted by molar-refractivity contribution is 5.82. The van der Waals surface area contributed by atoms with Gasteiger partial charge in [0.2, 0.25) is 0 Å². The number of amides is 1. The minimum atomic E-state index is -0.370. The van der Waals surface area contributed by atoms with E-state index in [-0.39, 0.29) is 23.6 Å². The monoisotopic (exact) mass is 406 g/mol. The van der Waals surface area contributed by atoms with E-state index in [4.69, 9.17) is 9.47 Å². The number of rotatable bonds is 6. The third-order valence-electron chi connectivity index (χ3n) is 5.14. The fourth-order valence-corrected chi connectivity index (χ4v) is 3.62. The molecule has 2 aliphatic heterocycles. The van der Waals surface area contributed by atoms with Gasteiger partial charge in [-0.3, -0.25) is 4.79 Å². The molecule has 0 bridgehead atoms. The fourth-order valence-electron chi connectivity index (χ4n) is 3.62. The van der Waals surface area contributed by atoms with E-state index in [1.807, 2.05) is 24.8 Å². The highest BCUT2D eigenvalue weighted by Gasteiger charge is 2.30. The molecule has 0 saturated carbocycles. The van der Waals surface area contributed by atoms with Gasteiger partial charge < -0.3 is 24.6 Å². The Morgan fingerprint density at radius 3 is 2.66 bits per heavy atom. The van der Waals surface area contributed by atoms with Gasteiger partial charge in [-0.05, 0) is 44.4 Å². The molecule has 1 atom stereocenters. The summed E-state index contributed by atoms with van der Waals surface area (Å²) in [6.07, 6.45) is 1.51. The van der Waals surface area contributed by atoms with E-state index >= 15 is 0 Å². The summed E-state index contributed by atoms with van der Waals surface area (Å²) < 4.78 is 24.8. The molecule has 1 N–H and O–H groups in total. The van der Waals surface area contributed by atoms with Crippen LogP contribution in [0.3, 0.4) is 0 Å². The Morgan fingerprint density at radius 2 is 2.03 bits per heavy atom. The van der Waals surface area contributed by atoms with Crippen LogP contribution in [0.5, 0.6) is 5.75 Å². The molecule has 2 heterocycles. The van der Waals surface area contributed by atoms with Crippen molar-refractivity contribution in [3.05, 3.63) is 29.6 Å². The number of nitrogens with one attached hydrogen (secondary N) is 1. The number of benzene rings is 1. The third kappa shape index (κ3) is 5.59. The van der Waals surface area contributed by atoms with Crippen molar-refractivity contribution < 1.29 is 18.7 Å². The van der Waals surface area contributed by atoms with Gasteiger partial charge in [0.25, 0.3) is 5.91 Å². The summed E-state index contributed by atoms with van der Waals surface area (Å²) in [5.41, 5.74) is 0.786. The van der Waals surface area contributed by atoms with Crippen LogP contribution in [0, 0.1) is 5.82 Å². The fraction of sp³-hybridized carbons (Fsp3) is 0.619. The van der Waals surface area contributed by atoms with Crippen LogP contribution in [0.25, 0.3) is 0 Å². The number of ether oxygens (including phenoxy) is 2. The van der Waals surface area contributed by atoms with E-state index in [0.717, 1.165) is 30.9 Å². The van der Waals surface area contributed by atoms with E-state index < -0.39 is 0 Å². The largest absolute Gasteiger partial charge is 0.491 e. The second-order valence-corrected chi connectivity index (χ2v) is 7.18. The highest BCUT2D eigenvalue weighted by atomic mass is 19.1. The van der Waals surface area contributed by atoms with E-state index in [0.29, 0.717) is 45.9 Å². The van der Waals surface area contributed by atoms with Gasteiger partial charge in [0, 0.05) is 39.3 Å². The summed E-state index contributed by atoms with van der Waals surface area (Å²) in [6.45, 7) is 8.80. The molecule has 0 aliphatic carbocycles. The summed E-state index contributed by atoms with van der Waals surface area (Å²) >= 11 is 0. The third-order valence-corrected chi connectivity index (χ3v) is 5.14. The molecule has 8 heteroatoms. The molecule has 29 heavy (non-hydrogen) atoms. The average molecular weight is 407 g/mol. The van der Waals surface area contributed by atoms with Crippen LogP contribution >= 0.6 is 0 Å². The maximum atomic E-state index is 14.1. The molecular formula is C21H31FN4O3. The van der Waals surface area contributed by atoms with E-state index in [1.54, 1.807) is 6.07 Å². The van der Waals surface area contributed by atoms with Crippen LogP contribution in [-0.2, 0) is 16.1 Å². The zero-order valence-electron chi connectivity index (χ0n) is 17.3. The topological polar surface area (TPSA) is 66.4 Å². The zero-order valence-corrected chi connectivity index (χ0v) is 17.3. The molecule has 7 nitrogen and oxygen atoms in total. The molecule has 1 unspecified atom stereocenters. The number of hydrogen-bond donors (Lipinski definition) is 1. The molecule has 0 radical (unpaired) electrons. The molecule has 2 aliphatic rings. The van der Waals surface area contributed by atoms with Crippen molar-refractivity contribution in [1.82, 2.24) is 15.1 Å². The number of carbonyl (C=O) groups is 1. The van der Waals surface area contributed by atoms with Crippen molar-refractivity contribution in [2.24, 2.45) is 4.99 Å². The quantitative estimate of drug-likeness (QED) is 0.578. The lowest BCUT2D eigenvalue weighted by molar-refractivity contribution is -0.142. The number of aliphatic imine (C=N–C) groups is 1. The van der Waals surface area contributed by atoms with Crippen LogP contribution in [0.4, 0.5) is 4.39 Å². The summed E-state index contributed by atoms with van der Waals surface area (Å²) in [4.78, 5) is 21.2. The van der Waals surface area contributed by atoms with Crippen LogP contribution < -0.4 is 10.1 Å². The number of halogens is 1. The van der Waals surface area contributed by atoms with Crippen LogP contribution in [0.15, 0.2) is 23.2 Å². The number of nitrogens with zero attached hydrogens (tertiary/aromatic N) is 3. The van der Waals surface area contributed by atoms with Gasteiger partial charge in [0.05, 0.1) is 13.2 Å². The lowest BCUT2D eigenvalue weighted by Crippen LogP contribution is -2.55. The Morgan fingerprint density at radius 1 is 1.28 bits per heavy atom. The summed E-state index contributed by atoms with van der Waals surface area (Å²) in [6, 6.07) is 4.95. The van der Waals surface area contributed by atoms with Crippen molar-refractivity contribution in [1.29, 1.82) is 0 Å². The summed E-state index contributed by atoms with van der Waals surface area (Å²) in [5.74, 6) is 0.782. The normalized spacial score (nSPS) is 20.1. The second-order valence-electron chi connectivity index (χ2n) is 7.18. The van der Waals surface area contributed by atoms with Crippen LogP contribution in [0.1, 0.15) is 32.3 Å². The molecule has 1 aromatic rings. The molecule has 0 aromatic heterocycles. The predicted molar refractivity (Wildman–Crippen MR) is 110 cm³/mol. The Balaban J connectivity index is 1.58. The van der Waals surface area contributed by atoms with Crippen LogP contribution in [-0.4, -0.2) is 73.7 Å². The Labute approximate surface area is 171 Å². The molecule has 1 aromatic carbocycles. The van der Waals surface area contributed by atoms with E-state index in [9.17, 15) is 9.18 Å². The van der Waals surface area contributed by atoms with Crippen molar-refractivity contribution in [3.8, 4) is 5.75 Å². The van der Waals surface area contributed by atoms with Gasteiger partial charge >= 0.3 is 0 Å². The number of hydrogen-bond acceptors (Lipinski definition) is 4. The highest BCUT2D eigenvalue weighted by Crippen LogP contribution is 2.19. The van der Waals surface area contributed by atoms with Crippen molar-refractivity contribution in [2.75, 3.05) is 45.9 Å². The first-order chi connectivity index (χ1) is 14.1. The minimum absolute atomic E-state index is 0.106.